The Hall–Kier alpha value is -4.81. The molecule has 2 heterocycles. The number of halogens is 8. The van der Waals surface area contributed by atoms with Gasteiger partial charge in [-0.05, 0) is 49.2 Å². The summed E-state index contributed by atoms with van der Waals surface area (Å²) in [5.74, 6) is -1.80. The van der Waals surface area contributed by atoms with Crippen molar-refractivity contribution < 1.29 is 49.4 Å². The van der Waals surface area contributed by atoms with E-state index < -0.39 is 53.6 Å². The molecule has 0 unspecified atom stereocenters. The van der Waals surface area contributed by atoms with Gasteiger partial charge in [-0.3, -0.25) is 9.59 Å². The summed E-state index contributed by atoms with van der Waals surface area (Å²) in [6, 6.07) is 2.35. The Kier molecular flexibility index (Phi) is 13.6. The smallest absolute Gasteiger partial charge is 0.423 e. The molecule has 19 heteroatoms. The molecule has 11 nitrogen and oxygen atoms in total. The number of nitrogens with two attached hydrogens (primary N) is 2. The van der Waals surface area contributed by atoms with Crippen LogP contribution in [0.15, 0.2) is 35.5 Å². The molecule has 1 aromatic carbocycles. The van der Waals surface area contributed by atoms with E-state index in [0.29, 0.717) is 31.2 Å². The maximum Gasteiger partial charge on any atom is 0.423 e. The molecule has 3 rings (SSSR count). The fraction of sp³-hybridized carbons (Fsp3) is 0.346. The van der Waals surface area contributed by atoms with Gasteiger partial charge in [0.05, 0.1) is 30.3 Å². The number of benzene rings is 1. The third kappa shape index (κ3) is 11.7. The van der Waals surface area contributed by atoms with Crippen molar-refractivity contribution in [2.75, 3.05) is 31.7 Å². The van der Waals surface area contributed by atoms with Gasteiger partial charge in [-0.15, -0.1) is 0 Å². The molecule has 0 saturated carbocycles. The SMILES string of the molecule is CN(/C=C\c1cc(-c2ncc(OC(F)F)c(N)n2)c(F)cc1C=O)CCCCCOC(F)F.Nc1cn[nH]c(=O)c1C(F)(F)F. The lowest BCUT2D eigenvalue weighted by Gasteiger charge is -2.14. The molecule has 0 saturated heterocycles. The predicted octanol–water partition coefficient (Wildman–Crippen LogP) is 4.96. The minimum atomic E-state index is -4.74. The number of aromatic nitrogens is 4. The second-order valence-corrected chi connectivity index (χ2v) is 8.92. The third-order valence-corrected chi connectivity index (χ3v) is 5.62. The van der Waals surface area contributed by atoms with E-state index in [2.05, 4.69) is 24.5 Å². The monoisotopic (exact) mass is 653 g/mol. The van der Waals surface area contributed by atoms with E-state index in [4.69, 9.17) is 11.5 Å². The van der Waals surface area contributed by atoms with Crippen LogP contribution in [0.5, 0.6) is 5.75 Å². The summed E-state index contributed by atoms with van der Waals surface area (Å²) in [5.41, 5.74) is 7.44. The largest absolute Gasteiger partial charge is 0.429 e. The zero-order chi connectivity index (χ0) is 33.7. The van der Waals surface area contributed by atoms with E-state index >= 15 is 0 Å². The molecule has 0 atom stereocenters. The number of alkyl halides is 7. The summed E-state index contributed by atoms with van der Waals surface area (Å²) < 4.78 is 107. The fourth-order valence-corrected chi connectivity index (χ4v) is 3.52. The number of hydrogen-bond acceptors (Lipinski definition) is 10. The standard InChI is InChI=1S/C21H23F5N4O3.C5H4F3N3O/c1-30(6-3-2-4-8-32-20(23)24)7-5-13-9-15(16(22)10-14(13)12-31)19-28-11-17(18(27)29-19)33-21(25)26;6-5(7,8)3-2(9)1-10-11-4(3)12/h5,7,9-12,20-21H,2-4,6,8H2,1H3,(H2,27,28,29);1H,(H3,9,11,12)/b7-5-;. The van der Waals surface area contributed by atoms with Crippen LogP contribution in [-0.2, 0) is 10.9 Å². The molecule has 45 heavy (non-hydrogen) atoms. The Bertz CT molecular complexity index is 1500. The molecule has 2 aromatic heterocycles. The van der Waals surface area contributed by atoms with Crippen molar-refractivity contribution in [2.45, 2.75) is 38.7 Å². The molecule has 0 radical (unpaired) electrons. The van der Waals surface area contributed by atoms with Gasteiger partial charge >= 0.3 is 19.4 Å². The van der Waals surface area contributed by atoms with Crippen molar-refractivity contribution >= 4 is 23.9 Å². The average Bonchev–Trinajstić information content (AvgIpc) is 2.94. The van der Waals surface area contributed by atoms with E-state index in [1.165, 1.54) is 6.07 Å². The van der Waals surface area contributed by atoms with Crippen LogP contribution in [0.1, 0.15) is 40.7 Å². The first kappa shape index (κ1) is 36.4. The van der Waals surface area contributed by atoms with Gasteiger partial charge in [0.2, 0.25) is 0 Å². The highest BCUT2D eigenvalue weighted by atomic mass is 19.4. The number of anilines is 2. The van der Waals surface area contributed by atoms with E-state index in [-0.39, 0.29) is 23.6 Å². The molecule has 0 fully saturated rings. The average molecular weight is 654 g/mol. The van der Waals surface area contributed by atoms with E-state index in [0.717, 1.165) is 24.9 Å². The van der Waals surface area contributed by atoms with Crippen molar-refractivity contribution in [3.63, 3.8) is 0 Å². The van der Waals surface area contributed by atoms with Gasteiger partial charge in [-0.1, -0.05) is 0 Å². The number of rotatable bonds is 13. The maximum absolute atomic E-state index is 14.5. The van der Waals surface area contributed by atoms with Crippen LogP contribution in [0.2, 0.25) is 0 Å². The highest BCUT2D eigenvalue weighted by molar-refractivity contribution is 5.84. The molecule has 0 aliphatic rings. The number of nitrogen functional groups attached to an aromatic ring is 2. The normalized spacial score (nSPS) is 11.5. The van der Waals surface area contributed by atoms with Gasteiger partial charge in [0.15, 0.2) is 23.7 Å². The quantitative estimate of drug-likeness (QED) is 0.131. The molecule has 3 aromatic rings. The first-order valence-corrected chi connectivity index (χ1v) is 12.7. The first-order chi connectivity index (χ1) is 21.1. The van der Waals surface area contributed by atoms with E-state index in [9.17, 15) is 44.7 Å². The molecule has 246 valence electrons. The molecular formula is C26H27F8N7O4. The van der Waals surface area contributed by atoms with Gasteiger partial charge in [-0.2, -0.15) is 35.8 Å². The van der Waals surface area contributed by atoms with Crippen LogP contribution in [0.4, 0.5) is 46.6 Å². The number of nitrogens with one attached hydrogen (secondary N) is 1. The van der Waals surface area contributed by atoms with Crippen LogP contribution in [0.25, 0.3) is 17.5 Å². The van der Waals surface area contributed by atoms with Gasteiger partial charge < -0.3 is 25.8 Å². The fourth-order valence-electron chi connectivity index (χ4n) is 3.52. The predicted molar refractivity (Wildman–Crippen MR) is 146 cm³/mol. The van der Waals surface area contributed by atoms with Crippen molar-refractivity contribution in [3.05, 3.63) is 63.6 Å². The van der Waals surface area contributed by atoms with Crippen LogP contribution in [0.3, 0.4) is 0 Å². The number of carbonyl (C=O) groups is 1. The lowest BCUT2D eigenvalue weighted by atomic mass is 10.0. The number of ether oxygens (including phenoxy) is 2. The minimum absolute atomic E-state index is 0.0138. The number of carbonyl (C=O) groups excluding carboxylic acids is 1. The number of hydrogen-bond donors (Lipinski definition) is 3. The molecule has 0 aliphatic heterocycles. The zero-order valence-corrected chi connectivity index (χ0v) is 23.3. The Morgan fingerprint density at radius 2 is 1.76 bits per heavy atom. The molecule has 5 N–H and O–H groups in total. The Balaban J connectivity index is 0.000000490. The van der Waals surface area contributed by atoms with Gasteiger partial charge in [-0.25, -0.2) is 19.5 Å². The Morgan fingerprint density at radius 1 is 1.04 bits per heavy atom. The lowest BCUT2D eigenvalue weighted by molar-refractivity contribution is -0.138. The maximum atomic E-state index is 14.5. The number of H-pyrrole nitrogens is 1. The van der Waals surface area contributed by atoms with Gasteiger partial charge in [0.1, 0.15) is 11.4 Å². The van der Waals surface area contributed by atoms with Crippen molar-refractivity contribution in [2.24, 2.45) is 0 Å². The van der Waals surface area contributed by atoms with Crippen molar-refractivity contribution in [1.82, 2.24) is 25.1 Å². The zero-order valence-electron chi connectivity index (χ0n) is 23.3. The molecule has 0 aliphatic carbocycles. The molecule has 0 bridgehead atoms. The summed E-state index contributed by atoms with van der Waals surface area (Å²) in [7, 11) is 1.78. The van der Waals surface area contributed by atoms with Gasteiger partial charge in [0, 0.05) is 19.2 Å². The molecule has 0 amide bonds. The second-order valence-electron chi connectivity index (χ2n) is 8.92. The number of aldehydes is 1. The lowest BCUT2D eigenvalue weighted by Crippen LogP contribution is -2.24. The first-order valence-electron chi connectivity index (χ1n) is 12.7. The van der Waals surface area contributed by atoms with E-state index in [1.54, 1.807) is 24.4 Å². The van der Waals surface area contributed by atoms with Crippen LogP contribution in [-0.4, -0.2) is 64.8 Å². The van der Waals surface area contributed by atoms with Crippen LogP contribution < -0.4 is 21.8 Å². The topological polar surface area (TPSA) is 162 Å². The van der Waals surface area contributed by atoms with E-state index in [1.807, 2.05) is 4.90 Å². The molecular weight excluding hydrogens is 626 g/mol. The summed E-state index contributed by atoms with van der Waals surface area (Å²) in [5, 5.41) is 4.74. The number of nitrogens with zero attached hydrogens (tertiary/aromatic N) is 4. The summed E-state index contributed by atoms with van der Waals surface area (Å²) >= 11 is 0. The summed E-state index contributed by atoms with van der Waals surface area (Å²) in [6.45, 7) is -5.29. The van der Waals surface area contributed by atoms with Crippen molar-refractivity contribution in [1.29, 1.82) is 0 Å². The Morgan fingerprint density at radius 3 is 2.31 bits per heavy atom. The third-order valence-electron chi connectivity index (χ3n) is 5.62. The van der Waals surface area contributed by atoms with Crippen LogP contribution in [0, 0.1) is 5.82 Å². The minimum Gasteiger partial charge on any atom is -0.429 e. The second kappa shape index (κ2) is 16.9. The van der Waals surface area contributed by atoms with Crippen LogP contribution >= 0.6 is 0 Å². The van der Waals surface area contributed by atoms with Crippen molar-refractivity contribution in [3.8, 4) is 17.1 Å². The molecule has 0 spiro atoms. The highest BCUT2D eigenvalue weighted by Crippen LogP contribution is 2.30. The van der Waals surface area contributed by atoms with Gasteiger partial charge in [0.25, 0.3) is 5.56 Å². The number of aromatic amines is 1. The summed E-state index contributed by atoms with van der Waals surface area (Å²) in [4.78, 5) is 31.4. The Labute approximate surface area is 249 Å². The number of unbranched alkanes of at least 4 members (excludes halogenated alkanes) is 2. The highest BCUT2D eigenvalue weighted by Gasteiger charge is 2.36. The summed E-state index contributed by atoms with van der Waals surface area (Å²) in [6.07, 6.45) is 2.58.